The van der Waals surface area contributed by atoms with Crippen LogP contribution in [0.15, 0.2) is 0 Å². The first-order chi connectivity index (χ1) is 18.5. The molecule has 0 spiro atoms. The molecule has 0 rings (SSSR count). The second-order valence-corrected chi connectivity index (χ2v) is 11.4. The van der Waals surface area contributed by atoms with Crippen molar-refractivity contribution in [1.29, 1.82) is 0 Å². The minimum Gasteiger partial charge on any atom is -0.444 e. The van der Waals surface area contributed by atoms with E-state index in [-0.39, 0.29) is 64.5 Å². The molecule has 0 fully saturated rings. The van der Waals surface area contributed by atoms with Gasteiger partial charge in [0.15, 0.2) is 0 Å². The maximum absolute atomic E-state index is 12.7. The summed E-state index contributed by atoms with van der Waals surface area (Å²) >= 11 is 0. The number of hydrogen-bond acceptors (Lipinski definition) is 6. The lowest BCUT2D eigenvalue weighted by Gasteiger charge is -2.28. The molecule has 15 heteroatoms. The Bertz CT molecular complexity index is 851. The molecule has 0 aliphatic carbocycles. The van der Waals surface area contributed by atoms with E-state index >= 15 is 0 Å². The fraction of sp³-hybridized carbons (Fsp3) is 0.846. The highest BCUT2D eigenvalue weighted by Gasteiger charge is 2.38. The molecule has 0 saturated heterocycles. The van der Waals surface area contributed by atoms with Gasteiger partial charge in [-0.05, 0) is 73.6 Å². The van der Waals surface area contributed by atoms with Crippen LogP contribution in [-0.4, -0.2) is 96.4 Å². The summed E-state index contributed by atoms with van der Waals surface area (Å²) in [4.78, 5) is 50.1. The number of Topliss-reactive ketones (excluding diaryl/α,β-unsaturated/α-hetero) is 1. The lowest BCUT2D eigenvalue weighted by Crippen LogP contribution is -2.41. The van der Waals surface area contributed by atoms with Crippen molar-refractivity contribution in [2.75, 3.05) is 39.3 Å². The van der Waals surface area contributed by atoms with Crippen molar-refractivity contribution < 1.29 is 55.0 Å². The van der Waals surface area contributed by atoms with E-state index in [4.69, 9.17) is 9.47 Å². The first-order valence-corrected chi connectivity index (χ1v) is 13.4. The molecule has 0 unspecified atom stereocenters. The van der Waals surface area contributed by atoms with Crippen LogP contribution in [0.1, 0.15) is 80.1 Å². The molecule has 0 saturated carbocycles. The zero-order valence-electron chi connectivity index (χ0n) is 24.6. The summed E-state index contributed by atoms with van der Waals surface area (Å²) in [6, 6.07) is 0. The van der Waals surface area contributed by atoms with E-state index < -0.39 is 47.8 Å². The van der Waals surface area contributed by atoms with E-state index in [1.807, 2.05) is 0 Å². The van der Waals surface area contributed by atoms with Crippen LogP contribution < -0.4 is 5.32 Å². The van der Waals surface area contributed by atoms with Crippen molar-refractivity contribution in [3.63, 3.8) is 0 Å². The minimum absolute atomic E-state index is 0.00233. The van der Waals surface area contributed by atoms with Crippen molar-refractivity contribution >= 4 is 23.7 Å². The summed E-state index contributed by atoms with van der Waals surface area (Å²) in [5.41, 5.74) is -1.43. The third kappa shape index (κ3) is 19.2. The fourth-order valence-corrected chi connectivity index (χ4v) is 3.26. The van der Waals surface area contributed by atoms with Gasteiger partial charge < -0.3 is 24.6 Å². The Morgan fingerprint density at radius 3 is 1.61 bits per heavy atom. The maximum Gasteiger partial charge on any atom is 0.471 e. The van der Waals surface area contributed by atoms with E-state index in [0.29, 0.717) is 12.8 Å². The molecule has 9 nitrogen and oxygen atoms in total. The molecular formula is C26H43F6N3O6. The number of rotatable bonds is 16. The van der Waals surface area contributed by atoms with Gasteiger partial charge in [-0.3, -0.25) is 14.4 Å². The number of amides is 3. The second kappa shape index (κ2) is 16.8. The van der Waals surface area contributed by atoms with E-state index in [2.05, 4.69) is 0 Å². The number of unbranched alkanes of at least 4 members (excludes halogenated alkanes) is 2. The first-order valence-electron chi connectivity index (χ1n) is 13.4. The van der Waals surface area contributed by atoms with Gasteiger partial charge in [0, 0.05) is 39.1 Å². The average molecular weight is 608 g/mol. The third-order valence-electron chi connectivity index (χ3n) is 5.28. The zero-order valence-corrected chi connectivity index (χ0v) is 24.6. The van der Waals surface area contributed by atoms with Gasteiger partial charge in [-0.15, -0.1) is 0 Å². The zero-order chi connectivity index (χ0) is 32.1. The summed E-state index contributed by atoms with van der Waals surface area (Å²) < 4.78 is 85.3. The number of nitrogens with zero attached hydrogens (tertiary/aromatic N) is 2. The van der Waals surface area contributed by atoms with Crippen LogP contribution in [0.2, 0.25) is 0 Å². The standard InChI is InChI=1S/C26H43F6N3O6/c1-23(2,3)40-18-20(37)34(14-8-7-12-19(36)25(27,28)29)15-9-10-16-35(22(39)41-24(4,5)6)17-11-13-33-21(38)26(30,31)32/h7-18H2,1-6H3,(H,33,38). The Labute approximate surface area is 237 Å². The lowest BCUT2D eigenvalue weighted by atomic mass is 10.1. The second-order valence-electron chi connectivity index (χ2n) is 11.4. The SMILES string of the molecule is CC(C)(C)OCC(=O)N(CCCCC(=O)C(F)(F)F)CCCCN(CCCNC(=O)C(F)(F)F)C(=O)OC(C)(C)C. The Balaban J connectivity index is 5.08. The summed E-state index contributed by atoms with van der Waals surface area (Å²) in [7, 11) is 0. The van der Waals surface area contributed by atoms with Crippen molar-refractivity contribution in [3.05, 3.63) is 0 Å². The quantitative estimate of drug-likeness (QED) is 0.195. The Hall–Kier alpha value is -2.58. The molecule has 0 aromatic carbocycles. The molecule has 0 aliphatic heterocycles. The summed E-state index contributed by atoms with van der Waals surface area (Å²) in [5.74, 6) is -4.29. The molecule has 41 heavy (non-hydrogen) atoms. The van der Waals surface area contributed by atoms with Gasteiger partial charge in [0.1, 0.15) is 12.2 Å². The number of halogens is 6. The molecular weight excluding hydrogens is 564 g/mol. The molecule has 0 atom stereocenters. The molecule has 0 heterocycles. The van der Waals surface area contributed by atoms with Crippen LogP contribution in [0, 0.1) is 0 Å². The maximum atomic E-state index is 12.7. The highest BCUT2D eigenvalue weighted by molar-refractivity contribution is 5.84. The van der Waals surface area contributed by atoms with E-state index in [1.54, 1.807) is 46.9 Å². The number of ether oxygens (including phenoxy) is 2. The van der Waals surface area contributed by atoms with Gasteiger partial charge >= 0.3 is 24.4 Å². The van der Waals surface area contributed by atoms with Gasteiger partial charge in [-0.1, -0.05) is 0 Å². The largest absolute Gasteiger partial charge is 0.471 e. The molecule has 0 bridgehead atoms. The van der Waals surface area contributed by atoms with Gasteiger partial charge in [-0.25, -0.2) is 4.79 Å². The fourth-order valence-electron chi connectivity index (χ4n) is 3.26. The molecule has 3 amide bonds. The average Bonchev–Trinajstić information content (AvgIpc) is 2.79. The Morgan fingerprint density at radius 1 is 0.659 bits per heavy atom. The topological polar surface area (TPSA) is 105 Å². The van der Waals surface area contributed by atoms with Gasteiger partial charge in [0.25, 0.3) is 0 Å². The molecule has 0 aliphatic rings. The summed E-state index contributed by atoms with van der Waals surface area (Å²) in [6.07, 6.45) is -10.4. The highest BCUT2D eigenvalue weighted by atomic mass is 19.4. The van der Waals surface area contributed by atoms with Crippen molar-refractivity contribution in [2.45, 2.75) is 104 Å². The van der Waals surface area contributed by atoms with Gasteiger partial charge in [0.05, 0.1) is 5.60 Å². The number of ketones is 1. The number of carbonyl (C=O) groups is 4. The van der Waals surface area contributed by atoms with E-state index in [9.17, 15) is 45.5 Å². The normalized spacial score (nSPS) is 12.6. The number of carbonyl (C=O) groups excluding carboxylic acids is 4. The van der Waals surface area contributed by atoms with Crippen LogP contribution in [-0.2, 0) is 23.9 Å². The van der Waals surface area contributed by atoms with Crippen molar-refractivity contribution in [3.8, 4) is 0 Å². The third-order valence-corrected chi connectivity index (χ3v) is 5.28. The Kier molecular flexibility index (Phi) is 15.7. The van der Waals surface area contributed by atoms with Gasteiger partial charge in [0.2, 0.25) is 11.7 Å². The van der Waals surface area contributed by atoms with Crippen LogP contribution in [0.5, 0.6) is 0 Å². The number of alkyl halides is 6. The van der Waals surface area contributed by atoms with Crippen LogP contribution >= 0.6 is 0 Å². The van der Waals surface area contributed by atoms with Crippen molar-refractivity contribution in [2.24, 2.45) is 0 Å². The van der Waals surface area contributed by atoms with Gasteiger partial charge in [-0.2, -0.15) is 26.3 Å². The monoisotopic (exact) mass is 607 g/mol. The molecule has 0 aromatic rings. The van der Waals surface area contributed by atoms with Crippen molar-refractivity contribution in [1.82, 2.24) is 15.1 Å². The number of hydrogen-bond donors (Lipinski definition) is 1. The van der Waals surface area contributed by atoms with E-state index in [0.717, 1.165) is 0 Å². The van der Waals surface area contributed by atoms with Crippen LogP contribution in [0.4, 0.5) is 31.1 Å². The smallest absolute Gasteiger partial charge is 0.444 e. The Morgan fingerprint density at radius 2 is 1.15 bits per heavy atom. The minimum atomic E-state index is -5.01. The summed E-state index contributed by atoms with van der Waals surface area (Å²) in [6.45, 7) is 10.1. The molecule has 0 aromatic heterocycles. The molecule has 0 radical (unpaired) electrons. The number of nitrogens with one attached hydrogen (secondary N) is 1. The van der Waals surface area contributed by atoms with E-state index in [1.165, 1.54) is 9.80 Å². The molecule has 240 valence electrons. The summed E-state index contributed by atoms with van der Waals surface area (Å²) in [5, 5.41) is 1.74. The molecule has 1 N–H and O–H groups in total. The van der Waals surface area contributed by atoms with Crippen LogP contribution in [0.25, 0.3) is 0 Å². The predicted octanol–water partition coefficient (Wildman–Crippen LogP) is 5.02. The predicted molar refractivity (Wildman–Crippen MR) is 138 cm³/mol. The highest BCUT2D eigenvalue weighted by Crippen LogP contribution is 2.19. The first kappa shape index (κ1) is 38.4. The van der Waals surface area contributed by atoms with Crippen LogP contribution in [0.3, 0.4) is 0 Å². The lowest BCUT2D eigenvalue weighted by molar-refractivity contribution is -0.173.